The summed E-state index contributed by atoms with van der Waals surface area (Å²) in [5.41, 5.74) is 0. The third kappa shape index (κ3) is 67.1. The van der Waals surface area contributed by atoms with E-state index in [1.165, 1.54) is 321 Å². The Kier molecular flexibility index (Phi) is 68.9. The van der Waals surface area contributed by atoms with Crippen molar-refractivity contribution in [1.29, 1.82) is 0 Å². The highest BCUT2D eigenvalue weighted by Crippen LogP contribution is 2.19. The monoisotopic (exact) mass is 1140 g/mol. The molecule has 6 nitrogen and oxygen atoms in total. The van der Waals surface area contributed by atoms with Gasteiger partial charge in [-0.15, -0.1) is 0 Å². The standard InChI is InChI=1S/C75H143NO5/c1-3-5-7-9-11-13-15-17-18-38-42-45-49-53-57-61-65-69-75(80)81-70-66-62-58-54-50-46-43-40-37-35-33-31-29-27-25-23-21-19-20-22-24-26-28-30-32-34-36-39-41-44-48-52-56-60-64-68-74(79)76-72(71-77)73(78)67-63-59-55-51-47-16-14-12-10-8-6-4-2/h11,13,17-18,21,23,72-73,77-78H,3-10,12,14-16,19-20,22,24-71H2,1-2H3,(H,76,79)/b13-11-,18-17-,23-21-. The topological polar surface area (TPSA) is 95.9 Å². The first-order valence-electron chi connectivity index (χ1n) is 36.7. The van der Waals surface area contributed by atoms with Crippen molar-refractivity contribution in [2.45, 2.75) is 418 Å². The molecule has 0 rings (SSSR count). The van der Waals surface area contributed by atoms with Gasteiger partial charge in [0.05, 0.1) is 25.4 Å². The molecule has 0 aromatic rings. The first-order valence-corrected chi connectivity index (χ1v) is 36.7. The molecular formula is C75H143NO5. The van der Waals surface area contributed by atoms with E-state index in [1.54, 1.807) is 0 Å². The summed E-state index contributed by atoms with van der Waals surface area (Å²) in [4.78, 5) is 24.6. The van der Waals surface area contributed by atoms with Crippen molar-refractivity contribution >= 4 is 11.9 Å². The number of aliphatic hydroxyl groups excluding tert-OH is 2. The molecular weight excluding hydrogens is 995 g/mol. The molecule has 0 bridgehead atoms. The summed E-state index contributed by atoms with van der Waals surface area (Å²) < 4.78 is 5.50. The normalized spacial score (nSPS) is 12.7. The molecule has 2 atom stereocenters. The van der Waals surface area contributed by atoms with Gasteiger partial charge in [0, 0.05) is 12.8 Å². The van der Waals surface area contributed by atoms with Crippen molar-refractivity contribution < 1.29 is 24.5 Å². The van der Waals surface area contributed by atoms with Gasteiger partial charge in [-0.05, 0) is 83.5 Å². The average molecular weight is 1140 g/mol. The smallest absolute Gasteiger partial charge is 0.305 e. The van der Waals surface area contributed by atoms with Crippen LogP contribution >= 0.6 is 0 Å². The van der Waals surface area contributed by atoms with Crippen molar-refractivity contribution in [3.8, 4) is 0 Å². The second-order valence-electron chi connectivity index (χ2n) is 25.3. The number of ether oxygens (including phenoxy) is 1. The first-order chi connectivity index (χ1) is 40.0. The highest BCUT2D eigenvalue weighted by Gasteiger charge is 2.20. The number of carbonyl (C=O) groups is 2. The molecule has 2 unspecified atom stereocenters. The third-order valence-electron chi connectivity index (χ3n) is 17.2. The zero-order chi connectivity index (χ0) is 58.5. The van der Waals surface area contributed by atoms with Crippen LogP contribution in [0.25, 0.3) is 0 Å². The predicted molar refractivity (Wildman–Crippen MR) is 356 cm³/mol. The van der Waals surface area contributed by atoms with Crippen LogP contribution in [0.5, 0.6) is 0 Å². The number of amides is 1. The maximum atomic E-state index is 12.5. The minimum atomic E-state index is -0.660. The highest BCUT2D eigenvalue weighted by atomic mass is 16.5. The molecule has 0 aliphatic carbocycles. The van der Waals surface area contributed by atoms with Gasteiger partial charge < -0.3 is 20.3 Å². The molecule has 0 spiro atoms. The molecule has 6 heteroatoms. The lowest BCUT2D eigenvalue weighted by atomic mass is 10.0. The van der Waals surface area contributed by atoms with Gasteiger partial charge in [0.25, 0.3) is 0 Å². The predicted octanol–water partition coefficient (Wildman–Crippen LogP) is 23.9. The average Bonchev–Trinajstić information content (AvgIpc) is 3.47. The second-order valence-corrected chi connectivity index (χ2v) is 25.3. The fourth-order valence-electron chi connectivity index (χ4n) is 11.6. The van der Waals surface area contributed by atoms with Crippen molar-refractivity contribution in [2.24, 2.45) is 0 Å². The molecule has 81 heavy (non-hydrogen) atoms. The number of nitrogens with one attached hydrogen (secondary N) is 1. The maximum absolute atomic E-state index is 12.5. The number of unbranched alkanes of at least 4 members (excludes halogenated alkanes) is 52. The van der Waals surface area contributed by atoms with E-state index in [1.807, 2.05) is 0 Å². The lowest BCUT2D eigenvalue weighted by Crippen LogP contribution is -2.45. The SMILES string of the molecule is CCCCC/C=C\C/C=C\CCCCCCCCCC(=O)OCCCCCCCCCCCCCCCC/C=C\CCCCCCCCCCCCCCCCCCCC(=O)NC(CO)C(O)CCCCCCCCCCCCCC. The summed E-state index contributed by atoms with van der Waals surface area (Å²) in [6, 6.07) is -0.537. The van der Waals surface area contributed by atoms with Crippen LogP contribution in [-0.2, 0) is 14.3 Å². The van der Waals surface area contributed by atoms with E-state index in [9.17, 15) is 19.8 Å². The summed E-state index contributed by atoms with van der Waals surface area (Å²) in [5.74, 6) is -0.0172. The van der Waals surface area contributed by atoms with Crippen LogP contribution < -0.4 is 5.32 Å². The van der Waals surface area contributed by atoms with Crippen molar-refractivity contribution in [2.75, 3.05) is 13.2 Å². The Hall–Kier alpha value is -1.92. The zero-order valence-electron chi connectivity index (χ0n) is 54.8. The van der Waals surface area contributed by atoms with E-state index >= 15 is 0 Å². The van der Waals surface area contributed by atoms with E-state index in [-0.39, 0.29) is 18.5 Å². The Morgan fingerprint density at radius 2 is 0.617 bits per heavy atom. The Balaban J connectivity index is 3.32. The summed E-state index contributed by atoms with van der Waals surface area (Å²) in [7, 11) is 0. The third-order valence-corrected chi connectivity index (χ3v) is 17.2. The van der Waals surface area contributed by atoms with Gasteiger partial charge in [-0.25, -0.2) is 0 Å². The van der Waals surface area contributed by atoms with E-state index in [0.29, 0.717) is 25.9 Å². The number of esters is 1. The van der Waals surface area contributed by atoms with Crippen molar-refractivity contribution in [3.63, 3.8) is 0 Å². The van der Waals surface area contributed by atoms with Crippen molar-refractivity contribution in [3.05, 3.63) is 36.5 Å². The second kappa shape index (κ2) is 70.6. The molecule has 3 N–H and O–H groups in total. The first kappa shape index (κ1) is 79.1. The summed E-state index contributed by atoms with van der Waals surface area (Å²) in [6.45, 7) is 4.95. The van der Waals surface area contributed by atoms with Crippen LogP contribution in [-0.4, -0.2) is 47.4 Å². The molecule has 0 heterocycles. The van der Waals surface area contributed by atoms with E-state index in [4.69, 9.17) is 4.74 Å². The molecule has 0 saturated carbocycles. The van der Waals surface area contributed by atoms with E-state index in [2.05, 4.69) is 55.6 Å². The van der Waals surface area contributed by atoms with Crippen LogP contribution in [0, 0.1) is 0 Å². The molecule has 0 aromatic heterocycles. The van der Waals surface area contributed by atoms with Crippen LogP contribution in [0.15, 0.2) is 36.5 Å². The molecule has 478 valence electrons. The maximum Gasteiger partial charge on any atom is 0.305 e. The Bertz CT molecular complexity index is 1310. The Morgan fingerprint density at radius 3 is 0.975 bits per heavy atom. The molecule has 0 aliphatic heterocycles. The number of allylic oxidation sites excluding steroid dienone is 6. The zero-order valence-corrected chi connectivity index (χ0v) is 54.8. The number of hydrogen-bond donors (Lipinski definition) is 3. The molecule has 0 saturated heterocycles. The van der Waals surface area contributed by atoms with Gasteiger partial charge in [-0.2, -0.15) is 0 Å². The fourth-order valence-corrected chi connectivity index (χ4v) is 11.6. The lowest BCUT2D eigenvalue weighted by Gasteiger charge is -2.22. The van der Waals surface area contributed by atoms with E-state index < -0.39 is 12.1 Å². The molecule has 1 amide bonds. The minimum Gasteiger partial charge on any atom is -0.466 e. The molecule has 0 radical (unpaired) electrons. The number of aliphatic hydroxyl groups is 2. The van der Waals surface area contributed by atoms with Gasteiger partial charge in [0.2, 0.25) is 5.91 Å². The van der Waals surface area contributed by atoms with Gasteiger partial charge in [0.15, 0.2) is 0 Å². The summed E-state index contributed by atoms with van der Waals surface area (Å²) in [5, 5.41) is 23.3. The lowest BCUT2D eigenvalue weighted by molar-refractivity contribution is -0.143. The summed E-state index contributed by atoms with van der Waals surface area (Å²) >= 11 is 0. The molecule has 0 aromatic carbocycles. The largest absolute Gasteiger partial charge is 0.466 e. The molecule has 0 fully saturated rings. The van der Waals surface area contributed by atoms with Crippen LogP contribution in [0.1, 0.15) is 406 Å². The fraction of sp³-hybridized carbons (Fsp3) is 0.893. The van der Waals surface area contributed by atoms with Gasteiger partial charge in [-0.3, -0.25) is 9.59 Å². The van der Waals surface area contributed by atoms with Crippen LogP contribution in [0.2, 0.25) is 0 Å². The number of rotatable bonds is 69. The number of hydrogen-bond acceptors (Lipinski definition) is 5. The summed E-state index contributed by atoms with van der Waals surface area (Å²) in [6.07, 6.45) is 90.8. The van der Waals surface area contributed by atoms with Crippen LogP contribution in [0.3, 0.4) is 0 Å². The Morgan fingerprint density at radius 1 is 0.346 bits per heavy atom. The minimum absolute atomic E-state index is 0.0128. The van der Waals surface area contributed by atoms with E-state index in [0.717, 1.165) is 51.4 Å². The Labute approximate surface area is 506 Å². The van der Waals surface area contributed by atoms with Crippen LogP contribution in [0.4, 0.5) is 0 Å². The van der Waals surface area contributed by atoms with Crippen molar-refractivity contribution in [1.82, 2.24) is 5.32 Å². The highest BCUT2D eigenvalue weighted by molar-refractivity contribution is 5.76. The van der Waals surface area contributed by atoms with Gasteiger partial charge >= 0.3 is 5.97 Å². The molecule has 0 aliphatic rings. The quantitative estimate of drug-likeness (QED) is 0.0320. The number of carbonyl (C=O) groups excluding carboxylic acids is 2. The van der Waals surface area contributed by atoms with Gasteiger partial charge in [-0.1, -0.05) is 346 Å². The van der Waals surface area contributed by atoms with Gasteiger partial charge in [0.1, 0.15) is 0 Å².